The lowest BCUT2D eigenvalue weighted by atomic mass is 9.98. The third-order valence-corrected chi connectivity index (χ3v) is 6.97. The number of fused-ring (bicyclic) bond motifs is 2. The first kappa shape index (κ1) is 26.2. The van der Waals surface area contributed by atoms with Crippen molar-refractivity contribution < 1.29 is 18.7 Å². The van der Waals surface area contributed by atoms with Gasteiger partial charge in [-0.15, -0.1) is 0 Å². The number of halogens is 1. The summed E-state index contributed by atoms with van der Waals surface area (Å²) in [6.07, 6.45) is 4.46. The predicted octanol–water partition coefficient (Wildman–Crippen LogP) is 5.63. The maximum absolute atomic E-state index is 13.7. The van der Waals surface area contributed by atoms with Gasteiger partial charge in [0.2, 0.25) is 5.76 Å². The van der Waals surface area contributed by atoms with E-state index in [0.717, 1.165) is 22.9 Å². The summed E-state index contributed by atoms with van der Waals surface area (Å²) in [4.78, 5) is 30.9. The van der Waals surface area contributed by atoms with Crippen LogP contribution in [0.25, 0.3) is 11.0 Å². The number of methoxy groups -OCH3 is 1. The third kappa shape index (κ3) is 5.30. The van der Waals surface area contributed by atoms with Crippen LogP contribution in [0.3, 0.4) is 0 Å². The monoisotopic (exact) mass is 556 g/mol. The van der Waals surface area contributed by atoms with Crippen LogP contribution in [0.15, 0.2) is 50.1 Å². The number of hydrogen-bond acceptors (Lipinski definition) is 6. The summed E-state index contributed by atoms with van der Waals surface area (Å²) in [5.41, 5.74) is 1.33. The molecule has 4 rings (SSSR count). The van der Waals surface area contributed by atoms with E-state index in [1.807, 2.05) is 37.2 Å². The molecule has 1 unspecified atom stereocenters. The molecule has 1 aliphatic rings. The minimum Gasteiger partial charge on any atom is -0.493 e. The van der Waals surface area contributed by atoms with Crippen molar-refractivity contribution in [1.82, 2.24) is 9.80 Å². The highest BCUT2D eigenvalue weighted by Crippen LogP contribution is 2.41. The molecule has 0 fully saturated rings. The van der Waals surface area contributed by atoms with Crippen molar-refractivity contribution in [2.24, 2.45) is 0 Å². The summed E-state index contributed by atoms with van der Waals surface area (Å²) in [5, 5.41) is 0.439. The molecule has 0 saturated carbocycles. The number of carbonyl (C=O) groups is 1. The molecule has 3 aromatic rings. The van der Waals surface area contributed by atoms with Gasteiger partial charge in [-0.3, -0.25) is 9.59 Å². The summed E-state index contributed by atoms with van der Waals surface area (Å²) in [5.74, 6) is 1.05. The molecule has 192 valence electrons. The van der Waals surface area contributed by atoms with Crippen LogP contribution >= 0.6 is 15.9 Å². The van der Waals surface area contributed by atoms with Gasteiger partial charge in [-0.05, 0) is 56.4 Å². The van der Waals surface area contributed by atoms with Crippen molar-refractivity contribution >= 4 is 32.8 Å². The molecule has 1 aliphatic heterocycles. The van der Waals surface area contributed by atoms with Gasteiger partial charge in [0.25, 0.3) is 5.91 Å². The largest absolute Gasteiger partial charge is 0.493 e. The summed E-state index contributed by atoms with van der Waals surface area (Å²) >= 11 is 3.44. The number of benzene rings is 2. The van der Waals surface area contributed by atoms with Crippen molar-refractivity contribution in [3.63, 3.8) is 0 Å². The normalized spacial score (nSPS) is 15.1. The SMILES string of the molecule is CCCCCCOc1ccc(C2c3c(oc4ccc(Br)cc4c3=O)C(=O)N2CCN(C)C)cc1OC. The molecule has 7 nitrogen and oxygen atoms in total. The fourth-order valence-corrected chi connectivity index (χ4v) is 4.92. The van der Waals surface area contributed by atoms with E-state index in [0.29, 0.717) is 47.7 Å². The summed E-state index contributed by atoms with van der Waals surface area (Å²) < 4.78 is 18.4. The Kier molecular flexibility index (Phi) is 8.36. The smallest absolute Gasteiger partial charge is 0.290 e. The van der Waals surface area contributed by atoms with Gasteiger partial charge in [0.05, 0.1) is 30.7 Å². The Morgan fingerprint density at radius 1 is 1.06 bits per heavy atom. The highest BCUT2D eigenvalue weighted by atomic mass is 79.9. The highest BCUT2D eigenvalue weighted by Gasteiger charge is 2.42. The van der Waals surface area contributed by atoms with Gasteiger partial charge in [0, 0.05) is 17.6 Å². The van der Waals surface area contributed by atoms with Crippen LogP contribution in [0, 0.1) is 0 Å². The van der Waals surface area contributed by atoms with Crippen LogP contribution in [0.1, 0.15) is 60.3 Å². The number of carbonyl (C=O) groups excluding carboxylic acids is 1. The van der Waals surface area contributed by atoms with E-state index in [4.69, 9.17) is 13.9 Å². The first-order chi connectivity index (χ1) is 17.3. The van der Waals surface area contributed by atoms with Crippen molar-refractivity contribution in [1.29, 1.82) is 0 Å². The minimum atomic E-state index is -0.584. The van der Waals surface area contributed by atoms with Crippen LogP contribution in [-0.2, 0) is 0 Å². The van der Waals surface area contributed by atoms with Gasteiger partial charge in [-0.1, -0.05) is 48.2 Å². The topological polar surface area (TPSA) is 72.2 Å². The van der Waals surface area contributed by atoms with E-state index in [9.17, 15) is 9.59 Å². The van der Waals surface area contributed by atoms with Gasteiger partial charge < -0.3 is 23.7 Å². The lowest BCUT2D eigenvalue weighted by molar-refractivity contribution is 0.0716. The lowest BCUT2D eigenvalue weighted by Crippen LogP contribution is -2.35. The number of nitrogens with zero attached hydrogens (tertiary/aromatic N) is 2. The van der Waals surface area contributed by atoms with Crippen LogP contribution < -0.4 is 14.9 Å². The predicted molar refractivity (Wildman–Crippen MR) is 144 cm³/mol. The minimum absolute atomic E-state index is 0.105. The third-order valence-electron chi connectivity index (χ3n) is 6.47. The maximum atomic E-state index is 13.7. The van der Waals surface area contributed by atoms with E-state index >= 15 is 0 Å². The number of amides is 1. The van der Waals surface area contributed by atoms with E-state index in [-0.39, 0.29) is 17.1 Å². The fraction of sp³-hybridized carbons (Fsp3) is 0.429. The van der Waals surface area contributed by atoms with Crippen molar-refractivity contribution in [3.05, 3.63) is 68.0 Å². The molecule has 0 N–H and O–H groups in total. The second kappa shape index (κ2) is 11.5. The highest BCUT2D eigenvalue weighted by molar-refractivity contribution is 9.10. The Hall–Kier alpha value is -2.84. The molecule has 0 bridgehead atoms. The molecular weight excluding hydrogens is 524 g/mol. The second-order valence-corrected chi connectivity index (χ2v) is 10.3. The summed E-state index contributed by atoms with van der Waals surface area (Å²) in [7, 11) is 5.50. The molecule has 0 aliphatic carbocycles. The molecule has 2 aromatic carbocycles. The Morgan fingerprint density at radius 3 is 2.58 bits per heavy atom. The first-order valence-corrected chi connectivity index (χ1v) is 13.2. The summed E-state index contributed by atoms with van der Waals surface area (Å²) in [6, 6.07) is 10.3. The van der Waals surface area contributed by atoms with Crippen LogP contribution in [0.5, 0.6) is 11.5 Å². The molecule has 36 heavy (non-hydrogen) atoms. The van der Waals surface area contributed by atoms with E-state index < -0.39 is 6.04 Å². The van der Waals surface area contributed by atoms with Gasteiger partial charge in [0.15, 0.2) is 16.9 Å². The van der Waals surface area contributed by atoms with E-state index in [1.165, 1.54) is 12.8 Å². The van der Waals surface area contributed by atoms with Gasteiger partial charge >= 0.3 is 0 Å². The van der Waals surface area contributed by atoms with Crippen molar-refractivity contribution in [2.45, 2.75) is 38.6 Å². The quantitative estimate of drug-likeness (QED) is 0.285. The van der Waals surface area contributed by atoms with Crippen molar-refractivity contribution in [3.8, 4) is 11.5 Å². The lowest BCUT2D eigenvalue weighted by Gasteiger charge is -2.27. The van der Waals surface area contributed by atoms with E-state index in [1.54, 1.807) is 30.2 Å². The standard InChI is InChI=1S/C28H33BrN2O5/c1-5-6-7-8-15-35-22-11-9-18(16-23(22)34-4)25-24-26(32)20-17-19(29)10-12-21(20)36-27(24)28(33)31(25)14-13-30(2)3/h9-12,16-17,25H,5-8,13-15H2,1-4H3. The molecule has 1 amide bonds. The zero-order valence-electron chi connectivity index (χ0n) is 21.3. The van der Waals surface area contributed by atoms with Gasteiger partial charge in [0.1, 0.15) is 5.58 Å². The molecule has 0 radical (unpaired) electrons. The zero-order valence-corrected chi connectivity index (χ0v) is 22.9. The average Bonchev–Trinajstić information content (AvgIpc) is 3.14. The van der Waals surface area contributed by atoms with Crippen LogP contribution in [-0.4, -0.2) is 56.6 Å². The average molecular weight is 557 g/mol. The maximum Gasteiger partial charge on any atom is 0.290 e. The number of likely N-dealkylation sites (N-methyl/N-ethyl adjacent to an activating group) is 1. The molecule has 0 saturated heterocycles. The number of unbranched alkanes of at least 4 members (excludes halogenated alkanes) is 3. The Balaban J connectivity index is 1.76. The number of hydrogen-bond donors (Lipinski definition) is 0. The zero-order chi connectivity index (χ0) is 25.8. The molecular formula is C28H33BrN2O5. The Bertz CT molecular complexity index is 1300. The van der Waals surface area contributed by atoms with Crippen LogP contribution in [0.2, 0.25) is 0 Å². The number of rotatable bonds is 11. The van der Waals surface area contributed by atoms with Gasteiger partial charge in [-0.25, -0.2) is 0 Å². The fourth-order valence-electron chi connectivity index (χ4n) is 4.56. The molecule has 0 spiro atoms. The Labute approximate surface area is 220 Å². The molecule has 8 heteroatoms. The summed E-state index contributed by atoms with van der Waals surface area (Å²) in [6.45, 7) is 3.88. The number of ether oxygens (including phenoxy) is 2. The van der Waals surface area contributed by atoms with Crippen molar-refractivity contribution in [2.75, 3.05) is 40.9 Å². The molecule has 1 atom stereocenters. The molecule has 2 heterocycles. The second-order valence-electron chi connectivity index (χ2n) is 9.34. The van der Waals surface area contributed by atoms with E-state index in [2.05, 4.69) is 22.9 Å². The first-order valence-electron chi connectivity index (χ1n) is 12.4. The Morgan fingerprint density at radius 2 is 1.86 bits per heavy atom. The van der Waals surface area contributed by atoms with Gasteiger partial charge in [-0.2, -0.15) is 0 Å². The molecule has 1 aromatic heterocycles. The van der Waals surface area contributed by atoms with Crippen LogP contribution in [0.4, 0.5) is 0 Å².